The van der Waals surface area contributed by atoms with Crippen LogP contribution in [0.5, 0.6) is 0 Å². The zero-order chi connectivity index (χ0) is 11.7. The van der Waals surface area contributed by atoms with Crippen LogP contribution < -0.4 is 0 Å². The standard InChI is InChI=1S/C9H5Cl3N2OS/c1-4-3-15-9(13-4)16-8-6(11)2-5(10)7(12)14-8/h2-3H,1H3. The first kappa shape index (κ1) is 12.0. The summed E-state index contributed by atoms with van der Waals surface area (Å²) in [5.74, 6) is 0. The molecular weight excluding hydrogens is 291 g/mol. The fourth-order valence-corrected chi connectivity index (χ4v) is 2.37. The molecule has 0 bridgehead atoms. The maximum atomic E-state index is 5.96. The van der Waals surface area contributed by atoms with E-state index in [4.69, 9.17) is 39.2 Å². The number of halogens is 3. The summed E-state index contributed by atoms with van der Waals surface area (Å²) < 4.78 is 5.17. The Kier molecular flexibility index (Phi) is 3.64. The molecule has 0 N–H and O–H groups in total. The highest BCUT2D eigenvalue weighted by atomic mass is 35.5. The molecule has 84 valence electrons. The summed E-state index contributed by atoms with van der Waals surface area (Å²) in [5.41, 5.74) is 0.790. The highest BCUT2D eigenvalue weighted by Gasteiger charge is 2.12. The molecule has 0 aliphatic heterocycles. The molecule has 2 aromatic heterocycles. The molecule has 2 rings (SSSR count). The summed E-state index contributed by atoms with van der Waals surface area (Å²) in [6, 6.07) is 1.54. The van der Waals surface area contributed by atoms with Crippen LogP contribution in [-0.2, 0) is 0 Å². The van der Waals surface area contributed by atoms with E-state index < -0.39 is 0 Å². The summed E-state index contributed by atoms with van der Waals surface area (Å²) in [5, 5.41) is 1.91. The van der Waals surface area contributed by atoms with Crippen LogP contribution in [0.1, 0.15) is 5.69 Å². The van der Waals surface area contributed by atoms with Gasteiger partial charge in [-0.05, 0) is 24.8 Å². The van der Waals surface area contributed by atoms with Gasteiger partial charge in [-0.3, -0.25) is 0 Å². The maximum Gasteiger partial charge on any atom is 0.262 e. The summed E-state index contributed by atoms with van der Waals surface area (Å²) in [4.78, 5) is 8.16. The molecule has 0 aliphatic rings. The second-order valence-corrected chi connectivity index (χ2v) is 5.02. The number of pyridine rings is 1. The van der Waals surface area contributed by atoms with Crippen LogP contribution in [0.2, 0.25) is 15.2 Å². The first-order valence-corrected chi connectivity index (χ1v) is 6.13. The van der Waals surface area contributed by atoms with E-state index in [1.165, 1.54) is 17.8 Å². The van der Waals surface area contributed by atoms with Crippen molar-refractivity contribution in [2.24, 2.45) is 0 Å². The fourth-order valence-electron chi connectivity index (χ4n) is 0.962. The van der Waals surface area contributed by atoms with Gasteiger partial charge < -0.3 is 4.42 Å². The number of nitrogens with zero attached hydrogens (tertiary/aromatic N) is 2. The van der Waals surface area contributed by atoms with Crippen molar-refractivity contribution in [3.05, 3.63) is 33.2 Å². The zero-order valence-electron chi connectivity index (χ0n) is 8.00. The third kappa shape index (κ3) is 2.63. The van der Waals surface area contributed by atoms with Gasteiger partial charge in [0, 0.05) is 0 Å². The Bertz CT molecular complexity index is 529. The van der Waals surface area contributed by atoms with Crippen molar-refractivity contribution < 1.29 is 4.42 Å². The molecule has 16 heavy (non-hydrogen) atoms. The predicted molar refractivity (Wildman–Crippen MR) is 64.6 cm³/mol. The Morgan fingerprint density at radius 2 is 1.94 bits per heavy atom. The number of hydrogen-bond donors (Lipinski definition) is 0. The summed E-state index contributed by atoms with van der Waals surface area (Å²) in [6.07, 6.45) is 1.55. The van der Waals surface area contributed by atoms with Gasteiger partial charge >= 0.3 is 0 Å². The normalized spacial score (nSPS) is 10.8. The first-order chi connectivity index (χ1) is 7.56. The monoisotopic (exact) mass is 294 g/mol. The lowest BCUT2D eigenvalue weighted by Crippen LogP contribution is -1.84. The molecule has 0 unspecified atom stereocenters. The lowest BCUT2D eigenvalue weighted by atomic mass is 10.5. The molecule has 0 aromatic carbocycles. The van der Waals surface area contributed by atoms with E-state index in [9.17, 15) is 0 Å². The molecule has 0 fully saturated rings. The van der Waals surface area contributed by atoms with E-state index in [1.807, 2.05) is 6.92 Å². The van der Waals surface area contributed by atoms with Crippen molar-refractivity contribution in [2.75, 3.05) is 0 Å². The molecule has 0 spiro atoms. The van der Waals surface area contributed by atoms with Crippen LogP contribution in [0, 0.1) is 6.92 Å². The molecule has 7 heteroatoms. The average molecular weight is 296 g/mol. The molecule has 0 saturated carbocycles. The molecule has 0 atom stereocenters. The molecular formula is C9H5Cl3N2OS. The number of aromatic nitrogens is 2. The Morgan fingerprint density at radius 1 is 1.19 bits per heavy atom. The van der Waals surface area contributed by atoms with E-state index >= 15 is 0 Å². The second-order valence-electron chi connectivity index (χ2n) is 2.90. The summed E-state index contributed by atoms with van der Waals surface area (Å²) in [7, 11) is 0. The highest BCUT2D eigenvalue weighted by molar-refractivity contribution is 7.99. The van der Waals surface area contributed by atoms with E-state index in [0.717, 1.165) is 5.69 Å². The van der Waals surface area contributed by atoms with Crippen molar-refractivity contribution in [3.8, 4) is 0 Å². The Morgan fingerprint density at radius 3 is 2.56 bits per heavy atom. The van der Waals surface area contributed by atoms with Gasteiger partial charge in [-0.25, -0.2) is 9.97 Å². The van der Waals surface area contributed by atoms with Gasteiger partial charge in [0.05, 0.1) is 15.7 Å². The Labute approximate surface area is 111 Å². The van der Waals surface area contributed by atoms with Crippen LogP contribution in [0.25, 0.3) is 0 Å². The Hall–Kier alpha value is -0.420. The van der Waals surface area contributed by atoms with Gasteiger partial charge in [-0.15, -0.1) is 0 Å². The lowest BCUT2D eigenvalue weighted by molar-refractivity contribution is 0.454. The molecule has 0 aliphatic carbocycles. The number of hydrogen-bond acceptors (Lipinski definition) is 4. The topological polar surface area (TPSA) is 38.9 Å². The average Bonchev–Trinajstić information content (AvgIpc) is 2.60. The SMILES string of the molecule is Cc1coc(Sc2nc(Cl)c(Cl)cc2Cl)n1. The molecule has 3 nitrogen and oxygen atoms in total. The number of oxazole rings is 1. The lowest BCUT2D eigenvalue weighted by Gasteiger charge is -2.01. The third-order valence-electron chi connectivity index (χ3n) is 1.64. The van der Waals surface area contributed by atoms with Gasteiger partial charge in [0.25, 0.3) is 5.22 Å². The van der Waals surface area contributed by atoms with Crippen molar-refractivity contribution in [2.45, 2.75) is 17.2 Å². The summed E-state index contributed by atoms with van der Waals surface area (Å²) >= 11 is 18.7. The van der Waals surface area contributed by atoms with Gasteiger partial charge in [-0.2, -0.15) is 0 Å². The smallest absolute Gasteiger partial charge is 0.262 e. The van der Waals surface area contributed by atoms with Gasteiger partial charge in [-0.1, -0.05) is 34.8 Å². The van der Waals surface area contributed by atoms with Gasteiger partial charge in [0.15, 0.2) is 0 Å². The zero-order valence-corrected chi connectivity index (χ0v) is 11.1. The minimum absolute atomic E-state index is 0.205. The maximum absolute atomic E-state index is 5.96. The minimum atomic E-state index is 0.205. The van der Waals surface area contributed by atoms with Crippen molar-refractivity contribution in [1.82, 2.24) is 9.97 Å². The van der Waals surface area contributed by atoms with E-state index in [-0.39, 0.29) is 5.15 Å². The molecule has 2 aromatic rings. The number of aryl methyl sites for hydroxylation is 1. The molecule has 0 amide bonds. The molecule has 2 heterocycles. The third-order valence-corrected chi connectivity index (χ3v) is 3.58. The van der Waals surface area contributed by atoms with E-state index in [1.54, 1.807) is 6.26 Å². The first-order valence-electron chi connectivity index (χ1n) is 4.18. The van der Waals surface area contributed by atoms with Crippen molar-refractivity contribution in [1.29, 1.82) is 0 Å². The molecule has 0 radical (unpaired) electrons. The van der Waals surface area contributed by atoms with Gasteiger partial charge in [0.2, 0.25) is 0 Å². The van der Waals surface area contributed by atoms with Crippen LogP contribution in [0.3, 0.4) is 0 Å². The van der Waals surface area contributed by atoms with Crippen molar-refractivity contribution >= 4 is 46.6 Å². The molecule has 0 saturated heterocycles. The van der Waals surface area contributed by atoms with E-state index in [0.29, 0.717) is 20.3 Å². The largest absolute Gasteiger partial charge is 0.439 e. The van der Waals surface area contributed by atoms with Crippen LogP contribution in [-0.4, -0.2) is 9.97 Å². The Balaban J connectivity index is 2.31. The van der Waals surface area contributed by atoms with Crippen molar-refractivity contribution in [3.63, 3.8) is 0 Å². The quantitative estimate of drug-likeness (QED) is 0.765. The number of rotatable bonds is 2. The van der Waals surface area contributed by atoms with E-state index in [2.05, 4.69) is 9.97 Å². The predicted octanol–water partition coefficient (Wildman–Crippen LogP) is 4.49. The fraction of sp³-hybridized carbons (Fsp3) is 0.111. The van der Waals surface area contributed by atoms with Gasteiger partial charge in [0.1, 0.15) is 16.4 Å². The van der Waals surface area contributed by atoms with Crippen LogP contribution in [0.4, 0.5) is 0 Å². The van der Waals surface area contributed by atoms with Crippen LogP contribution >= 0.6 is 46.6 Å². The minimum Gasteiger partial charge on any atom is -0.439 e. The highest BCUT2D eigenvalue weighted by Crippen LogP contribution is 2.35. The van der Waals surface area contributed by atoms with Crippen LogP contribution in [0.15, 0.2) is 27.0 Å². The summed E-state index contributed by atoms with van der Waals surface area (Å²) in [6.45, 7) is 1.83. The second kappa shape index (κ2) is 4.84.